The van der Waals surface area contributed by atoms with E-state index in [4.69, 9.17) is 22.1 Å². The Morgan fingerprint density at radius 3 is 2.62 bits per heavy atom. The fourth-order valence-corrected chi connectivity index (χ4v) is 3.35. The first kappa shape index (κ1) is 16.6. The lowest BCUT2D eigenvalue weighted by Crippen LogP contribution is -2.45. The van der Waals surface area contributed by atoms with Crippen molar-refractivity contribution in [3.8, 4) is 5.75 Å². The molecule has 0 amide bonds. The molecule has 1 aliphatic rings. The fraction of sp³-hybridized carbons (Fsp3) is 0.625. The monoisotopic (exact) mass is 311 g/mol. The quantitative estimate of drug-likeness (QED) is 0.906. The van der Waals surface area contributed by atoms with E-state index in [2.05, 4.69) is 30.0 Å². The van der Waals surface area contributed by atoms with Gasteiger partial charge >= 0.3 is 0 Å². The number of likely N-dealkylation sites (N-methyl/N-ethyl adjacent to an activating group) is 1. The Hall–Kier alpha value is -0.810. The Kier molecular flexibility index (Phi) is 5.88. The lowest BCUT2D eigenvalue weighted by Gasteiger charge is -2.39. The number of hydrogen-bond acceptors (Lipinski definition) is 4. The molecule has 0 spiro atoms. The van der Waals surface area contributed by atoms with Crippen molar-refractivity contribution in [2.24, 2.45) is 5.73 Å². The van der Waals surface area contributed by atoms with Gasteiger partial charge in [0.2, 0.25) is 0 Å². The molecule has 1 aromatic carbocycles. The number of hydrogen-bond donors (Lipinski definition) is 1. The number of benzene rings is 1. The summed E-state index contributed by atoms with van der Waals surface area (Å²) in [6, 6.07) is 6.73. The van der Waals surface area contributed by atoms with Crippen LogP contribution < -0.4 is 10.5 Å². The van der Waals surface area contributed by atoms with Gasteiger partial charge in [0, 0.05) is 18.6 Å². The maximum absolute atomic E-state index is 6.25. The van der Waals surface area contributed by atoms with E-state index in [0.29, 0.717) is 23.4 Å². The summed E-state index contributed by atoms with van der Waals surface area (Å²) in [4.78, 5) is 4.79. The molecule has 2 N–H and O–H groups in total. The molecule has 1 unspecified atom stereocenters. The fourth-order valence-electron chi connectivity index (χ4n) is 3.08. The Morgan fingerprint density at radius 2 is 2.10 bits per heavy atom. The summed E-state index contributed by atoms with van der Waals surface area (Å²) < 4.78 is 5.22. The molecule has 1 heterocycles. The van der Waals surface area contributed by atoms with Crippen LogP contribution in [-0.4, -0.2) is 56.7 Å². The summed E-state index contributed by atoms with van der Waals surface area (Å²) >= 11 is 6.25. The van der Waals surface area contributed by atoms with E-state index in [-0.39, 0.29) is 6.04 Å². The molecule has 1 aromatic rings. The minimum atomic E-state index is 0.196. The van der Waals surface area contributed by atoms with Crippen LogP contribution in [0.15, 0.2) is 18.2 Å². The van der Waals surface area contributed by atoms with Gasteiger partial charge in [-0.3, -0.25) is 4.90 Å². The van der Waals surface area contributed by atoms with Gasteiger partial charge in [-0.05, 0) is 57.7 Å². The van der Waals surface area contributed by atoms with Gasteiger partial charge in [0.05, 0.1) is 12.1 Å². The molecular weight excluding hydrogens is 286 g/mol. The average molecular weight is 312 g/mol. The first-order chi connectivity index (χ1) is 10.1. The Labute approximate surface area is 132 Å². The number of nitrogens with two attached hydrogens (primary N) is 1. The zero-order chi connectivity index (χ0) is 15.4. The molecule has 1 atom stereocenters. The van der Waals surface area contributed by atoms with Gasteiger partial charge in [-0.15, -0.1) is 0 Å². The summed E-state index contributed by atoms with van der Waals surface area (Å²) in [6.07, 6.45) is 2.38. The van der Waals surface area contributed by atoms with Gasteiger partial charge in [0.1, 0.15) is 5.75 Å². The maximum Gasteiger partial charge on any atom is 0.137 e. The topological polar surface area (TPSA) is 41.7 Å². The van der Waals surface area contributed by atoms with E-state index < -0.39 is 0 Å². The number of rotatable bonds is 5. The van der Waals surface area contributed by atoms with Crippen LogP contribution in [0.25, 0.3) is 0 Å². The molecule has 21 heavy (non-hydrogen) atoms. The van der Waals surface area contributed by atoms with Crippen LogP contribution in [0.3, 0.4) is 0 Å². The molecule has 0 radical (unpaired) electrons. The van der Waals surface area contributed by atoms with E-state index in [0.717, 1.165) is 18.7 Å². The molecular formula is C16H26ClN3O. The predicted molar refractivity (Wildman–Crippen MR) is 88.1 cm³/mol. The average Bonchev–Trinajstić information content (AvgIpc) is 2.49. The summed E-state index contributed by atoms with van der Waals surface area (Å²) in [5, 5.41) is 0.644. The van der Waals surface area contributed by atoms with Crippen molar-refractivity contribution in [3.63, 3.8) is 0 Å². The van der Waals surface area contributed by atoms with Gasteiger partial charge < -0.3 is 15.4 Å². The van der Waals surface area contributed by atoms with Crippen LogP contribution in [0.1, 0.15) is 24.4 Å². The van der Waals surface area contributed by atoms with Crippen LogP contribution in [0.4, 0.5) is 0 Å². The van der Waals surface area contributed by atoms with Crippen LogP contribution in [0.2, 0.25) is 5.02 Å². The highest BCUT2D eigenvalue weighted by Crippen LogP contribution is 2.31. The highest BCUT2D eigenvalue weighted by Gasteiger charge is 2.26. The molecule has 4 nitrogen and oxygen atoms in total. The standard InChI is InChI=1S/C16H26ClN3O/c1-19-8-6-13(7-9-19)20(2)15(11-18)12-4-5-16(21-3)14(17)10-12/h4-5,10,13,15H,6-9,11,18H2,1-3H3. The summed E-state index contributed by atoms with van der Waals surface area (Å²) in [5.41, 5.74) is 7.19. The van der Waals surface area contributed by atoms with Gasteiger partial charge in [-0.1, -0.05) is 17.7 Å². The van der Waals surface area contributed by atoms with Crippen molar-refractivity contribution in [1.29, 1.82) is 0 Å². The Morgan fingerprint density at radius 1 is 1.43 bits per heavy atom. The number of nitrogens with zero attached hydrogens (tertiary/aromatic N) is 2. The molecule has 0 bridgehead atoms. The van der Waals surface area contributed by atoms with E-state index in [1.54, 1.807) is 7.11 Å². The second-order valence-electron chi connectivity index (χ2n) is 5.85. The third-order valence-corrected chi connectivity index (χ3v) is 4.83. The van der Waals surface area contributed by atoms with E-state index >= 15 is 0 Å². The normalized spacial score (nSPS) is 19.0. The van der Waals surface area contributed by atoms with Crippen molar-refractivity contribution in [2.45, 2.75) is 24.9 Å². The Balaban J connectivity index is 2.13. The minimum absolute atomic E-state index is 0.196. The van der Waals surface area contributed by atoms with E-state index in [1.807, 2.05) is 12.1 Å². The predicted octanol–water partition coefficient (Wildman–Crippen LogP) is 2.37. The lowest BCUT2D eigenvalue weighted by molar-refractivity contribution is 0.109. The van der Waals surface area contributed by atoms with Gasteiger partial charge in [0.25, 0.3) is 0 Å². The van der Waals surface area contributed by atoms with Crippen LogP contribution in [0.5, 0.6) is 5.75 Å². The third kappa shape index (κ3) is 3.89. The van der Waals surface area contributed by atoms with Crippen molar-refractivity contribution in [3.05, 3.63) is 28.8 Å². The number of likely N-dealkylation sites (tertiary alicyclic amines) is 1. The molecule has 1 saturated heterocycles. The highest BCUT2D eigenvalue weighted by molar-refractivity contribution is 6.32. The lowest BCUT2D eigenvalue weighted by atomic mass is 9.98. The van der Waals surface area contributed by atoms with Crippen LogP contribution >= 0.6 is 11.6 Å². The molecule has 0 saturated carbocycles. The first-order valence-corrected chi connectivity index (χ1v) is 7.88. The van der Waals surface area contributed by atoms with Crippen molar-refractivity contribution in [2.75, 3.05) is 40.8 Å². The highest BCUT2D eigenvalue weighted by atomic mass is 35.5. The minimum Gasteiger partial charge on any atom is -0.495 e. The second kappa shape index (κ2) is 7.45. The largest absolute Gasteiger partial charge is 0.495 e. The first-order valence-electron chi connectivity index (χ1n) is 7.50. The molecule has 1 aliphatic heterocycles. The smallest absolute Gasteiger partial charge is 0.137 e. The molecule has 2 rings (SSSR count). The van der Waals surface area contributed by atoms with Gasteiger partial charge in [-0.2, -0.15) is 0 Å². The van der Waals surface area contributed by atoms with Crippen molar-refractivity contribution in [1.82, 2.24) is 9.80 Å². The molecule has 5 heteroatoms. The molecule has 1 fully saturated rings. The van der Waals surface area contributed by atoms with Gasteiger partial charge in [-0.25, -0.2) is 0 Å². The van der Waals surface area contributed by atoms with E-state index in [1.165, 1.54) is 12.8 Å². The maximum atomic E-state index is 6.25. The SMILES string of the molecule is COc1ccc(C(CN)N(C)C2CCN(C)CC2)cc1Cl. The second-order valence-corrected chi connectivity index (χ2v) is 6.25. The summed E-state index contributed by atoms with van der Waals surface area (Å²) in [7, 11) is 5.98. The zero-order valence-electron chi connectivity index (χ0n) is 13.2. The Bertz CT molecular complexity index is 461. The summed E-state index contributed by atoms with van der Waals surface area (Å²) in [6.45, 7) is 2.89. The number of ether oxygens (including phenoxy) is 1. The number of piperidine rings is 1. The summed E-state index contributed by atoms with van der Waals surface area (Å²) in [5.74, 6) is 0.707. The van der Waals surface area contributed by atoms with Crippen LogP contribution in [-0.2, 0) is 0 Å². The molecule has 118 valence electrons. The number of methoxy groups -OCH3 is 1. The number of halogens is 1. The molecule has 0 aromatic heterocycles. The van der Waals surface area contributed by atoms with Crippen LogP contribution in [0, 0.1) is 0 Å². The van der Waals surface area contributed by atoms with Crippen molar-refractivity contribution < 1.29 is 4.74 Å². The third-order valence-electron chi connectivity index (χ3n) is 4.54. The zero-order valence-corrected chi connectivity index (χ0v) is 13.9. The molecule has 0 aliphatic carbocycles. The van der Waals surface area contributed by atoms with Gasteiger partial charge in [0.15, 0.2) is 0 Å². The van der Waals surface area contributed by atoms with Crippen molar-refractivity contribution >= 4 is 11.6 Å². The van der Waals surface area contributed by atoms with E-state index in [9.17, 15) is 0 Å².